The van der Waals surface area contributed by atoms with Gasteiger partial charge in [-0.25, -0.2) is 0 Å². The van der Waals surface area contributed by atoms with Gasteiger partial charge in [0, 0.05) is 13.0 Å². The lowest BCUT2D eigenvalue weighted by molar-refractivity contribution is -0.127. The van der Waals surface area contributed by atoms with Crippen molar-refractivity contribution in [2.75, 3.05) is 19.6 Å². The second-order valence-electron chi connectivity index (χ2n) is 5.42. The van der Waals surface area contributed by atoms with E-state index in [0.717, 1.165) is 25.9 Å². The Balaban J connectivity index is 2.27. The lowest BCUT2D eigenvalue weighted by atomic mass is 9.91. The summed E-state index contributed by atoms with van der Waals surface area (Å²) in [6, 6.07) is 0. The van der Waals surface area contributed by atoms with Crippen LogP contribution in [-0.4, -0.2) is 31.4 Å². The monoisotopic (exact) mass is 241 g/mol. The number of rotatable bonds is 5. The van der Waals surface area contributed by atoms with Gasteiger partial charge in [-0.3, -0.25) is 9.59 Å². The molecular formula is C12H23N3O2. The third kappa shape index (κ3) is 4.73. The summed E-state index contributed by atoms with van der Waals surface area (Å²) >= 11 is 0. The normalized spacial score (nSPS) is 17.8. The molecule has 0 aromatic carbocycles. The average Bonchev–Trinajstić information content (AvgIpc) is 2.28. The first kappa shape index (κ1) is 14.0. The van der Waals surface area contributed by atoms with Crippen molar-refractivity contribution in [2.45, 2.75) is 33.1 Å². The van der Waals surface area contributed by atoms with E-state index in [0.29, 0.717) is 18.9 Å². The molecule has 5 nitrogen and oxygen atoms in total. The van der Waals surface area contributed by atoms with E-state index in [2.05, 4.69) is 10.6 Å². The molecule has 0 unspecified atom stereocenters. The van der Waals surface area contributed by atoms with Gasteiger partial charge >= 0.3 is 0 Å². The van der Waals surface area contributed by atoms with Crippen molar-refractivity contribution in [3.05, 3.63) is 0 Å². The van der Waals surface area contributed by atoms with Crippen molar-refractivity contribution < 1.29 is 9.59 Å². The van der Waals surface area contributed by atoms with Crippen LogP contribution in [0.3, 0.4) is 0 Å². The number of hydrogen-bond acceptors (Lipinski definition) is 3. The zero-order valence-electron chi connectivity index (χ0n) is 10.7. The molecule has 2 amide bonds. The second-order valence-corrected chi connectivity index (χ2v) is 5.42. The van der Waals surface area contributed by atoms with Crippen LogP contribution in [0.5, 0.6) is 0 Å². The third-order valence-corrected chi connectivity index (χ3v) is 3.33. The summed E-state index contributed by atoms with van der Waals surface area (Å²) in [6.45, 7) is 5.77. The summed E-state index contributed by atoms with van der Waals surface area (Å²) in [5.41, 5.74) is 4.57. The number of nitrogens with one attached hydrogen (secondary N) is 2. The molecule has 0 aromatic rings. The van der Waals surface area contributed by atoms with E-state index in [-0.39, 0.29) is 11.8 Å². The number of hydrogen-bond donors (Lipinski definition) is 3. The quantitative estimate of drug-likeness (QED) is 0.633. The fraction of sp³-hybridized carbons (Fsp3) is 0.833. The molecule has 0 radical (unpaired) electrons. The first-order valence-electron chi connectivity index (χ1n) is 6.19. The van der Waals surface area contributed by atoms with Crippen LogP contribution in [0.25, 0.3) is 0 Å². The molecule has 0 atom stereocenters. The van der Waals surface area contributed by atoms with E-state index < -0.39 is 5.41 Å². The average molecular weight is 241 g/mol. The lowest BCUT2D eigenvalue weighted by Gasteiger charge is -2.24. The van der Waals surface area contributed by atoms with Gasteiger partial charge in [0.25, 0.3) is 0 Å². The van der Waals surface area contributed by atoms with Gasteiger partial charge in [-0.2, -0.15) is 0 Å². The highest BCUT2D eigenvalue weighted by Crippen LogP contribution is 2.16. The summed E-state index contributed by atoms with van der Waals surface area (Å²) in [5, 5.41) is 6.06. The maximum Gasteiger partial charge on any atom is 0.224 e. The molecule has 1 aliphatic rings. The minimum absolute atomic E-state index is 0.0197. The zero-order chi connectivity index (χ0) is 12.9. The van der Waals surface area contributed by atoms with E-state index in [1.165, 1.54) is 0 Å². The number of carbonyl (C=O) groups excluding carboxylic acids is 2. The molecule has 1 saturated heterocycles. The lowest BCUT2D eigenvalue weighted by Crippen LogP contribution is -2.43. The molecule has 0 spiro atoms. The molecule has 0 saturated carbocycles. The van der Waals surface area contributed by atoms with Crippen LogP contribution in [0.1, 0.15) is 33.1 Å². The van der Waals surface area contributed by atoms with Crippen LogP contribution in [0.4, 0.5) is 0 Å². The SMILES string of the molecule is CC(C)(CNC(=O)CC1CCNCC1)C(N)=O. The number of carbonyl (C=O) groups is 2. The molecule has 0 bridgehead atoms. The maximum absolute atomic E-state index is 11.7. The number of primary amides is 1. The van der Waals surface area contributed by atoms with Gasteiger partial charge in [-0.05, 0) is 45.7 Å². The van der Waals surface area contributed by atoms with Gasteiger partial charge in [0.15, 0.2) is 0 Å². The van der Waals surface area contributed by atoms with Crippen molar-refractivity contribution in [1.82, 2.24) is 10.6 Å². The van der Waals surface area contributed by atoms with Crippen LogP contribution < -0.4 is 16.4 Å². The zero-order valence-corrected chi connectivity index (χ0v) is 10.7. The molecule has 1 rings (SSSR count). The Bertz CT molecular complexity index is 283. The van der Waals surface area contributed by atoms with Gasteiger partial charge in [0.1, 0.15) is 0 Å². The van der Waals surface area contributed by atoms with Gasteiger partial charge in [-0.1, -0.05) is 0 Å². The fourth-order valence-electron chi connectivity index (χ4n) is 1.83. The highest BCUT2D eigenvalue weighted by molar-refractivity contribution is 5.82. The highest BCUT2D eigenvalue weighted by Gasteiger charge is 2.26. The van der Waals surface area contributed by atoms with Crippen molar-refractivity contribution in [3.8, 4) is 0 Å². The van der Waals surface area contributed by atoms with Crippen LogP contribution in [0, 0.1) is 11.3 Å². The summed E-state index contributed by atoms with van der Waals surface area (Å²) in [7, 11) is 0. The van der Waals surface area contributed by atoms with E-state index in [1.807, 2.05) is 0 Å². The summed E-state index contributed by atoms with van der Waals surface area (Å²) in [5.74, 6) is 0.0961. The van der Waals surface area contributed by atoms with Gasteiger partial charge in [-0.15, -0.1) is 0 Å². The third-order valence-electron chi connectivity index (χ3n) is 3.33. The Kier molecular flexibility index (Phi) is 4.93. The summed E-state index contributed by atoms with van der Waals surface area (Å²) < 4.78 is 0. The number of nitrogens with two attached hydrogens (primary N) is 1. The Hall–Kier alpha value is -1.10. The first-order chi connectivity index (χ1) is 7.92. The summed E-state index contributed by atoms with van der Waals surface area (Å²) in [6.07, 6.45) is 2.65. The molecular weight excluding hydrogens is 218 g/mol. The topological polar surface area (TPSA) is 84.2 Å². The predicted molar refractivity (Wildman–Crippen MR) is 66.2 cm³/mol. The van der Waals surface area contributed by atoms with E-state index in [9.17, 15) is 9.59 Å². The van der Waals surface area contributed by atoms with E-state index in [1.54, 1.807) is 13.8 Å². The van der Waals surface area contributed by atoms with Gasteiger partial charge < -0.3 is 16.4 Å². The van der Waals surface area contributed by atoms with Crippen LogP contribution in [-0.2, 0) is 9.59 Å². The second kappa shape index (κ2) is 6.00. The van der Waals surface area contributed by atoms with Crippen molar-refractivity contribution in [2.24, 2.45) is 17.1 Å². The highest BCUT2D eigenvalue weighted by atomic mass is 16.2. The molecule has 17 heavy (non-hydrogen) atoms. The molecule has 0 aliphatic carbocycles. The van der Waals surface area contributed by atoms with Gasteiger partial charge in [0.2, 0.25) is 11.8 Å². The van der Waals surface area contributed by atoms with E-state index >= 15 is 0 Å². The molecule has 98 valence electrons. The molecule has 0 aromatic heterocycles. The molecule has 1 heterocycles. The Morgan fingerprint density at radius 3 is 2.47 bits per heavy atom. The molecule has 1 fully saturated rings. The predicted octanol–water partition coefficient (Wildman–Crippen LogP) is 0.00380. The smallest absolute Gasteiger partial charge is 0.224 e. The van der Waals surface area contributed by atoms with Crippen molar-refractivity contribution in [1.29, 1.82) is 0 Å². The largest absolute Gasteiger partial charge is 0.369 e. The van der Waals surface area contributed by atoms with Crippen LogP contribution >= 0.6 is 0 Å². The molecule has 1 aliphatic heterocycles. The van der Waals surface area contributed by atoms with Gasteiger partial charge in [0.05, 0.1) is 5.41 Å². The van der Waals surface area contributed by atoms with Crippen molar-refractivity contribution in [3.63, 3.8) is 0 Å². The fourth-order valence-corrected chi connectivity index (χ4v) is 1.83. The van der Waals surface area contributed by atoms with Crippen LogP contribution in [0.2, 0.25) is 0 Å². The van der Waals surface area contributed by atoms with E-state index in [4.69, 9.17) is 5.73 Å². The van der Waals surface area contributed by atoms with Crippen molar-refractivity contribution >= 4 is 11.8 Å². The maximum atomic E-state index is 11.7. The standard InChI is InChI=1S/C12H23N3O2/c1-12(2,11(13)17)8-15-10(16)7-9-3-5-14-6-4-9/h9,14H,3-8H2,1-2H3,(H2,13,17)(H,15,16). The Labute approximate surface area is 103 Å². The molecule has 4 N–H and O–H groups in total. The first-order valence-corrected chi connectivity index (χ1v) is 6.19. The Morgan fingerprint density at radius 2 is 1.94 bits per heavy atom. The Morgan fingerprint density at radius 1 is 1.35 bits per heavy atom. The minimum Gasteiger partial charge on any atom is -0.369 e. The molecule has 5 heteroatoms. The number of amides is 2. The minimum atomic E-state index is -0.677. The summed E-state index contributed by atoms with van der Waals surface area (Å²) in [4.78, 5) is 22.8. The van der Waals surface area contributed by atoms with Crippen LogP contribution in [0.15, 0.2) is 0 Å². The number of piperidine rings is 1.